The first-order chi connectivity index (χ1) is 8.33. The van der Waals surface area contributed by atoms with Crippen molar-refractivity contribution in [2.75, 3.05) is 47.0 Å². The molecular weight excluding hydrogens is 216 g/mol. The van der Waals surface area contributed by atoms with Gasteiger partial charge in [0, 0.05) is 45.3 Å². The van der Waals surface area contributed by atoms with E-state index in [-0.39, 0.29) is 0 Å². The number of piperidine rings is 1. The van der Waals surface area contributed by atoms with Gasteiger partial charge < -0.3 is 19.7 Å². The molecule has 2 fully saturated rings. The summed E-state index contributed by atoms with van der Waals surface area (Å²) in [4.78, 5) is 2.57. The van der Waals surface area contributed by atoms with E-state index in [4.69, 9.17) is 9.47 Å². The third-order valence-corrected chi connectivity index (χ3v) is 4.21. The zero-order valence-corrected chi connectivity index (χ0v) is 11.2. The Balaban J connectivity index is 1.76. The third kappa shape index (κ3) is 3.65. The standard InChI is InChI=1S/C13H26N2O2/c1-14-13-5-8-17-10-11(13)9-15-6-3-12(16-2)4-7-15/h11-14H,3-10H2,1-2H3. The first-order valence-corrected chi connectivity index (χ1v) is 6.83. The highest BCUT2D eigenvalue weighted by atomic mass is 16.5. The number of hydrogen-bond donors (Lipinski definition) is 1. The SMILES string of the molecule is CNC1CCOCC1CN1CCC(OC)CC1. The highest BCUT2D eigenvalue weighted by Crippen LogP contribution is 2.19. The van der Waals surface area contributed by atoms with Gasteiger partial charge in [-0.15, -0.1) is 0 Å². The lowest BCUT2D eigenvalue weighted by atomic mass is 9.94. The highest BCUT2D eigenvalue weighted by molar-refractivity contribution is 4.83. The summed E-state index contributed by atoms with van der Waals surface area (Å²) in [6.45, 7) is 5.34. The zero-order chi connectivity index (χ0) is 12.1. The Morgan fingerprint density at radius 1 is 1.29 bits per heavy atom. The van der Waals surface area contributed by atoms with Gasteiger partial charge in [-0.1, -0.05) is 0 Å². The predicted octanol–water partition coefficient (Wildman–Crippen LogP) is 0.722. The monoisotopic (exact) mass is 242 g/mol. The number of rotatable bonds is 4. The largest absolute Gasteiger partial charge is 0.381 e. The molecule has 0 aromatic carbocycles. The average Bonchev–Trinajstić information content (AvgIpc) is 2.40. The summed E-state index contributed by atoms with van der Waals surface area (Å²) in [6.07, 6.45) is 3.98. The summed E-state index contributed by atoms with van der Waals surface area (Å²) in [5, 5.41) is 3.43. The van der Waals surface area contributed by atoms with Crippen molar-refractivity contribution in [2.24, 2.45) is 5.92 Å². The van der Waals surface area contributed by atoms with E-state index in [1.165, 1.54) is 32.5 Å². The van der Waals surface area contributed by atoms with Crippen molar-refractivity contribution in [1.82, 2.24) is 10.2 Å². The van der Waals surface area contributed by atoms with E-state index in [0.29, 0.717) is 18.1 Å². The topological polar surface area (TPSA) is 33.7 Å². The Morgan fingerprint density at radius 2 is 2.06 bits per heavy atom. The molecule has 0 radical (unpaired) electrons. The molecule has 2 aliphatic heterocycles. The van der Waals surface area contributed by atoms with Crippen molar-refractivity contribution >= 4 is 0 Å². The quantitative estimate of drug-likeness (QED) is 0.788. The lowest BCUT2D eigenvalue weighted by Crippen LogP contribution is -2.48. The van der Waals surface area contributed by atoms with Crippen LogP contribution in [0.5, 0.6) is 0 Å². The fourth-order valence-corrected chi connectivity index (χ4v) is 3.02. The van der Waals surface area contributed by atoms with Crippen molar-refractivity contribution in [3.05, 3.63) is 0 Å². The van der Waals surface area contributed by atoms with E-state index in [1.807, 2.05) is 7.11 Å². The van der Waals surface area contributed by atoms with Crippen LogP contribution in [0.3, 0.4) is 0 Å². The van der Waals surface area contributed by atoms with Crippen LogP contribution in [0.4, 0.5) is 0 Å². The average molecular weight is 242 g/mol. The Labute approximate surface area is 105 Å². The molecule has 0 aliphatic carbocycles. The van der Waals surface area contributed by atoms with E-state index in [0.717, 1.165) is 19.6 Å². The van der Waals surface area contributed by atoms with Crippen LogP contribution in [0, 0.1) is 5.92 Å². The molecule has 17 heavy (non-hydrogen) atoms. The second-order valence-electron chi connectivity index (χ2n) is 5.25. The summed E-state index contributed by atoms with van der Waals surface area (Å²) in [5.41, 5.74) is 0. The van der Waals surface area contributed by atoms with Gasteiger partial charge in [-0.05, 0) is 26.3 Å². The Morgan fingerprint density at radius 3 is 2.71 bits per heavy atom. The number of likely N-dealkylation sites (tertiary alicyclic amines) is 1. The van der Waals surface area contributed by atoms with E-state index in [9.17, 15) is 0 Å². The maximum Gasteiger partial charge on any atom is 0.0595 e. The molecule has 2 heterocycles. The lowest BCUT2D eigenvalue weighted by molar-refractivity contribution is -0.000880. The fourth-order valence-electron chi connectivity index (χ4n) is 3.02. The van der Waals surface area contributed by atoms with Gasteiger partial charge in [-0.2, -0.15) is 0 Å². The van der Waals surface area contributed by atoms with Gasteiger partial charge in [0.05, 0.1) is 12.7 Å². The van der Waals surface area contributed by atoms with Gasteiger partial charge in [0.15, 0.2) is 0 Å². The van der Waals surface area contributed by atoms with Crippen molar-refractivity contribution in [3.63, 3.8) is 0 Å². The normalized spacial score (nSPS) is 32.8. The predicted molar refractivity (Wildman–Crippen MR) is 68.2 cm³/mol. The van der Waals surface area contributed by atoms with Gasteiger partial charge in [-0.25, -0.2) is 0 Å². The first-order valence-electron chi connectivity index (χ1n) is 6.83. The molecule has 2 unspecified atom stereocenters. The second kappa shape index (κ2) is 6.69. The molecule has 0 aromatic heterocycles. The molecular formula is C13H26N2O2. The van der Waals surface area contributed by atoms with Gasteiger partial charge in [0.2, 0.25) is 0 Å². The summed E-state index contributed by atoms with van der Waals surface area (Å²) in [5.74, 6) is 0.646. The van der Waals surface area contributed by atoms with Crippen molar-refractivity contribution in [1.29, 1.82) is 0 Å². The van der Waals surface area contributed by atoms with Crippen molar-refractivity contribution in [2.45, 2.75) is 31.4 Å². The molecule has 4 heteroatoms. The van der Waals surface area contributed by atoms with Crippen LogP contribution in [0.25, 0.3) is 0 Å². The van der Waals surface area contributed by atoms with Crippen molar-refractivity contribution in [3.8, 4) is 0 Å². The maximum atomic E-state index is 5.61. The second-order valence-corrected chi connectivity index (χ2v) is 5.25. The molecule has 2 aliphatic rings. The summed E-state index contributed by atoms with van der Waals surface area (Å²) < 4.78 is 11.0. The van der Waals surface area contributed by atoms with Crippen LogP contribution in [-0.2, 0) is 9.47 Å². The summed E-state index contributed by atoms with van der Waals surface area (Å²) in [7, 11) is 3.90. The molecule has 0 amide bonds. The van der Waals surface area contributed by atoms with E-state index >= 15 is 0 Å². The minimum absolute atomic E-state index is 0.481. The van der Waals surface area contributed by atoms with Crippen LogP contribution in [0.2, 0.25) is 0 Å². The highest BCUT2D eigenvalue weighted by Gasteiger charge is 2.28. The number of nitrogens with one attached hydrogen (secondary N) is 1. The zero-order valence-electron chi connectivity index (χ0n) is 11.2. The van der Waals surface area contributed by atoms with Gasteiger partial charge >= 0.3 is 0 Å². The van der Waals surface area contributed by atoms with Crippen LogP contribution in [0.15, 0.2) is 0 Å². The molecule has 0 spiro atoms. The summed E-state index contributed by atoms with van der Waals surface area (Å²) in [6, 6.07) is 0.629. The molecule has 100 valence electrons. The summed E-state index contributed by atoms with van der Waals surface area (Å²) >= 11 is 0. The number of ether oxygens (including phenoxy) is 2. The van der Waals surface area contributed by atoms with E-state index in [1.54, 1.807) is 0 Å². The van der Waals surface area contributed by atoms with Crippen LogP contribution < -0.4 is 5.32 Å². The first kappa shape index (κ1) is 13.3. The van der Waals surface area contributed by atoms with Crippen LogP contribution in [0.1, 0.15) is 19.3 Å². The molecule has 2 rings (SSSR count). The molecule has 2 saturated heterocycles. The van der Waals surface area contributed by atoms with Crippen LogP contribution in [-0.4, -0.2) is 64.1 Å². The minimum Gasteiger partial charge on any atom is -0.381 e. The molecule has 4 nitrogen and oxygen atoms in total. The maximum absolute atomic E-state index is 5.61. The number of methoxy groups -OCH3 is 1. The minimum atomic E-state index is 0.481. The Bertz CT molecular complexity index is 217. The molecule has 0 aromatic rings. The van der Waals surface area contributed by atoms with Crippen molar-refractivity contribution < 1.29 is 9.47 Å². The van der Waals surface area contributed by atoms with Gasteiger partial charge in [0.25, 0.3) is 0 Å². The van der Waals surface area contributed by atoms with Gasteiger partial charge in [0.1, 0.15) is 0 Å². The Hall–Kier alpha value is -0.160. The molecule has 0 saturated carbocycles. The van der Waals surface area contributed by atoms with E-state index in [2.05, 4.69) is 17.3 Å². The molecule has 1 N–H and O–H groups in total. The lowest BCUT2D eigenvalue weighted by Gasteiger charge is -2.38. The smallest absolute Gasteiger partial charge is 0.0595 e. The van der Waals surface area contributed by atoms with Crippen LogP contribution >= 0.6 is 0 Å². The third-order valence-electron chi connectivity index (χ3n) is 4.21. The number of hydrogen-bond acceptors (Lipinski definition) is 4. The molecule has 2 atom stereocenters. The fraction of sp³-hybridized carbons (Fsp3) is 1.00. The molecule has 0 bridgehead atoms. The van der Waals surface area contributed by atoms with Gasteiger partial charge in [-0.3, -0.25) is 0 Å². The van der Waals surface area contributed by atoms with E-state index < -0.39 is 0 Å². The Kier molecular flexibility index (Phi) is 5.22. The number of nitrogens with zero attached hydrogens (tertiary/aromatic N) is 1.